The van der Waals surface area contributed by atoms with Crippen LogP contribution < -0.4 is 4.90 Å². The van der Waals surface area contributed by atoms with Crippen molar-refractivity contribution in [1.29, 1.82) is 0 Å². The van der Waals surface area contributed by atoms with Gasteiger partial charge in [-0.05, 0) is 45.0 Å². The van der Waals surface area contributed by atoms with E-state index in [1.165, 1.54) is 0 Å². The third kappa shape index (κ3) is 2.33. The zero-order valence-electron chi connectivity index (χ0n) is 10.8. The average Bonchev–Trinajstić information content (AvgIpc) is 2.34. The van der Waals surface area contributed by atoms with Gasteiger partial charge in [0.1, 0.15) is 6.23 Å². The molecule has 1 N–H and O–H groups in total. The molecule has 0 bridgehead atoms. The molecule has 0 aromatic carbocycles. The van der Waals surface area contributed by atoms with Crippen LogP contribution in [0, 0.1) is 13.8 Å². The van der Waals surface area contributed by atoms with E-state index in [1.54, 1.807) is 19.3 Å². The van der Waals surface area contributed by atoms with Gasteiger partial charge in [0.25, 0.3) is 0 Å². The lowest BCUT2D eigenvalue weighted by Gasteiger charge is -2.29. The predicted molar refractivity (Wildman–Crippen MR) is 71.8 cm³/mol. The number of aromatic nitrogens is 2. The molecule has 0 saturated carbocycles. The summed E-state index contributed by atoms with van der Waals surface area (Å²) >= 11 is 0. The highest BCUT2D eigenvalue weighted by Crippen LogP contribution is 2.30. The summed E-state index contributed by atoms with van der Waals surface area (Å²) in [5, 5.41) is 10.0. The van der Waals surface area contributed by atoms with E-state index < -0.39 is 6.23 Å². The Morgan fingerprint density at radius 2 is 1.44 bits per heavy atom. The second kappa shape index (κ2) is 5.14. The van der Waals surface area contributed by atoms with Gasteiger partial charge in [-0.1, -0.05) is 0 Å². The van der Waals surface area contributed by atoms with Crippen molar-refractivity contribution in [3.8, 4) is 0 Å². The molecular weight excluding hydrogens is 226 g/mol. The molecule has 0 saturated heterocycles. The lowest BCUT2D eigenvalue weighted by Crippen LogP contribution is -2.29. The van der Waals surface area contributed by atoms with Crippen LogP contribution in [0.5, 0.6) is 0 Å². The summed E-state index contributed by atoms with van der Waals surface area (Å²) in [4.78, 5) is 10.4. The summed E-state index contributed by atoms with van der Waals surface area (Å²) < 4.78 is 0. The molecule has 2 rings (SSSR count). The van der Waals surface area contributed by atoms with E-state index in [9.17, 15) is 5.11 Å². The molecule has 0 aliphatic carbocycles. The van der Waals surface area contributed by atoms with Crippen LogP contribution in [0.15, 0.2) is 36.7 Å². The van der Waals surface area contributed by atoms with E-state index in [4.69, 9.17) is 0 Å². The number of rotatable bonds is 3. The van der Waals surface area contributed by atoms with Gasteiger partial charge in [-0.25, -0.2) is 0 Å². The Hall–Kier alpha value is -1.94. The normalized spacial score (nSPS) is 12.2. The van der Waals surface area contributed by atoms with Crippen LogP contribution in [0.1, 0.15) is 18.3 Å². The van der Waals surface area contributed by atoms with Gasteiger partial charge in [-0.15, -0.1) is 0 Å². The van der Waals surface area contributed by atoms with Gasteiger partial charge in [0, 0.05) is 12.4 Å². The molecule has 0 radical (unpaired) electrons. The smallest absolute Gasteiger partial charge is 0.128 e. The molecule has 0 spiro atoms. The molecule has 2 aromatic heterocycles. The summed E-state index contributed by atoms with van der Waals surface area (Å²) in [6, 6.07) is 7.62. The Morgan fingerprint density at radius 1 is 1.00 bits per heavy atom. The van der Waals surface area contributed by atoms with Crippen LogP contribution in [-0.4, -0.2) is 21.3 Å². The van der Waals surface area contributed by atoms with Crippen LogP contribution in [0.3, 0.4) is 0 Å². The summed E-state index contributed by atoms with van der Waals surface area (Å²) in [6.45, 7) is 5.59. The summed E-state index contributed by atoms with van der Waals surface area (Å²) in [6.07, 6.45) is 2.85. The van der Waals surface area contributed by atoms with E-state index in [-0.39, 0.29) is 0 Å². The fourth-order valence-corrected chi connectivity index (χ4v) is 1.99. The highest BCUT2D eigenvalue weighted by atomic mass is 16.3. The number of hydrogen-bond acceptors (Lipinski definition) is 4. The van der Waals surface area contributed by atoms with E-state index in [1.807, 2.05) is 43.0 Å². The molecular formula is C14H17N3O. The van der Waals surface area contributed by atoms with Gasteiger partial charge in [0.05, 0.1) is 22.8 Å². The first-order valence-electron chi connectivity index (χ1n) is 5.92. The Morgan fingerprint density at radius 3 is 1.78 bits per heavy atom. The Kier molecular flexibility index (Phi) is 3.58. The Balaban J connectivity index is 2.55. The molecule has 2 heterocycles. The van der Waals surface area contributed by atoms with E-state index in [2.05, 4.69) is 9.97 Å². The molecule has 2 aromatic rings. The third-order valence-electron chi connectivity index (χ3n) is 2.85. The Labute approximate surface area is 107 Å². The van der Waals surface area contributed by atoms with Crippen LogP contribution in [0.4, 0.5) is 11.4 Å². The number of aryl methyl sites for hydroxylation is 2. The van der Waals surface area contributed by atoms with Crippen LogP contribution in [-0.2, 0) is 0 Å². The van der Waals surface area contributed by atoms with Crippen molar-refractivity contribution in [1.82, 2.24) is 9.97 Å². The molecule has 18 heavy (non-hydrogen) atoms. The standard InChI is InChI=1S/C14H17N3O/c1-10-13(6-4-8-15-10)17(12(3)18)14-7-5-9-16-11(14)2/h4-9,12,18H,1-3H3. The van der Waals surface area contributed by atoms with Crippen molar-refractivity contribution in [2.45, 2.75) is 27.0 Å². The summed E-state index contributed by atoms with van der Waals surface area (Å²) in [5.41, 5.74) is 3.54. The van der Waals surface area contributed by atoms with Crippen LogP contribution in [0.2, 0.25) is 0 Å². The Bertz CT molecular complexity index is 495. The number of aliphatic hydroxyl groups excluding tert-OH is 1. The van der Waals surface area contributed by atoms with E-state index in [0.29, 0.717) is 0 Å². The monoisotopic (exact) mass is 243 g/mol. The number of nitrogens with zero attached hydrogens (tertiary/aromatic N) is 3. The average molecular weight is 243 g/mol. The van der Waals surface area contributed by atoms with Crippen molar-refractivity contribution < 1.29 is 5.11 Å². The van der Waals surface area contributed by atoms with Gasteiger partial charge in [0.2, 0.25) is 0 Å². The predicted octanol–water partition coefficient (Wildman–Crippen LogP) is 2.57. The van der Waals surface area contributed by atoms with Gasteiger partial charge in [0.15, 0.2) is 0 Å². The molecule has 0 aliphatic rings. The highest BCUT2D eigenvalue weighted by Gasteiger charge is 2.18. The van der Waals surface area contributed by atoms with Gasteiger partial charge in [-0.2, -0.15) is 0 Å². The zero-order valence-corrected chi connectivity index (χ0v) is 10.8. The summed E-state index contributed by atoms with van der Waals surface area (Å²) in [7, 11) is 0. The molecule has 1 unspecified atom stereocenters. The third-order valence-corrected chi connectivity index (χ3v) is 2.85. The number of hydrogen-bond donors (Lipinski definition) is 1. The minimum Gasteiger partial charge on any atom is -0.374 e. The molecule has 94 valence electrons. The minimum absolute atomic E-state index is 0.643. The molecule has 1 atom stereocenters. The second-order valence-electron chi connectivity index (χ2n) is 4.22. The van der Waals surface area contributed by atoms with Crippen molar-refractivity contribution in [2.24, 2.45) is 0 Å². The maximum Gasteiger partial charge on any atom is 0.128 e. The number of aliphatic hydroxyl groups is 1. The van der Waals surface area contributed by atoms with Crippen LogP contribution in [0.25, 0.3) is 0 Å². The maximum atomic E-state index is 10.0. The molecule has 4 heteroatoms. The molecule has 0 amide bonds. The zero-order chi connectivity index (χ0) is 13.1. The number of pyridine rings is 2. The molecule has 0 aliphatic heterocycles. The lowest BCUT2D eigenvalue weighted by atomic mass is 10.2. The largest absolute Gasteiger partial charge is 0.374 e. The van der Waals surface area contributed by atoms with Crippen molar-refractivity contribution in [3.63, 3.8) is 0 Å². The fraction of sp³-hybridized carbons (Fsp3) is 0.286. The summed E-state index contributed by atoms with van der Waals surface area (Å²) in [5.74, 6) is 0. The number of anilines is 2. The first kappa shape index (κ1) is 12.5. The quantitative estimate of drug-likeness (QED) is 0.842. The first-order chi connectivity index (χ1) is 8.61. The maximum absolute atomic E-state index is 10.0. The van der Waals surface area contributed by atoms with Gasteiger partial charge in [-0.3, -0.25) is 9.97 Å². The van der Waals surface area contributed by atoms with Crippen molar-refractivity contribution in [3.05, 3.63) is 48.0 Å². The first-order valence-corrected chi connectivity index (χ1v) is 5.92. The molecule has 0 fully saturated rings. The van der Waals surface area contributed by atoms with Crippen molar-refractivity contribution in [2.75, 3.05) is 4.90 Å². The highest BCUT2D eigenvalue weighted by molar-refractivity contribution is 5.66. The SMILES string of the molecule is Cc1ncccc1N(c1cccnc1C)C(C)O. The van der Waals surface area contributed by atoms with E-state index in [0.717, 1.165) is 22.8 Å². The minimum atomic E-state index is -0.643. The molecule has 4 nitrogen and oxygen atoms in total. The van der Waals surface area contributed by atoms with E-state index >= 15 is 0 Å². The fourth-order valence-electron chi connectivity index (χ4n) is 1.99. The lowest BCUT2D eigenvalue weighted by molar-refractivity contribution is 0.201. The topological polar surface area (TPSA) is 49.2 Å². The van der Waals surface area contributed by atoms with Gasteiger partial charge < -0.3 is 10.0 Å². The second-order valence-corrected chi connectivity index (χ2v) is 4.22. The van der Waals surface area contributed by atoms with Crippen LogP contribution >= 0.6 is 0 Å². The van der Waals surface area contributed by atoms with Gasteiger partial charge >= 0.3 is 0 Å². The van der Waals surface area contributed by atoms with Crippen molar-refractivity contribution >= 4 is 11.4 Å².